The summed E-state index contributed by atoms with van der Waals surface area (Å²) in [7, 11) is 0. The van der Waals surface area contributed by atoms with Gasteiger partial charge in [0.15, 0.2) is 0 Å². The number of aliphatic carboxylic acids is 1. The molecule has 0 aromatic heterocycles. The van der Waals surface area contributed by atoms with Gasteiger partial charge < -0.3 is 10.4 Å². The monoisotopic (exact) mass is 301 g/mol. The van der Waals surface area contributed by atoms with Gasteiger partial charge in [-0.05, 0) is 38.3 Å². The highest BCUT2D eigenvalue weighted by molar-refractivity contribution is 7.98. The van der Waals surface area contributed by atoms with E-state index >= 15 is 0 Å². The van der Waals surface area contributed by atoms with Crippen molar-refractivity contribution < 1.29 is 14.7 Å². The van der Waals surface area contributed by atoms with E-state index in [0.29, 0.717) is 10.6 Å². The van der Waals surface area contributed by atoms with Gasteiger partial charge in [0, 0.05) is 10.4 Å². The second-order valence-electron chi connectivity index (χ2n) is 4.75. The van der Waals surface area contributed by atoms with Crippen molar-refractivity contribution in [3.05, 3.63) is 28.8 Å². The molecule has 4 nitrogen and oxygen atoms in total. The molecule has 0 radical (unpaired) electrons. The van der Waals surface area contributed by atoms with E-state index in [2.05, 4.69) is 5.32 Å². The van der Waals surface area contributed by atoms with Crippen LogP contribution in [-0.4, -0.2) is 28.8 Å². The van der Waals surface area contributed by atoms with Crippen molar-refractivity contribution in [3.63, 3.8) is 0 Å². The molecule has 0 aliphatic rings. The lowest BCUT2D eigenvalue weighted by Crippen LogP contribution is -2.45. The summed E-state index contributed by atoms with van der Waals surface area (Å²) in [5.74, 6) is -1.33. The number of nitrogens with one attached hydrogen (secondary N) is 1. The van der Waals surface area contributed by atoms with Gasteiger partial charge in [-0.1, -0.05) is 11.6 Å². The van der Waals surface area contributed by atoms with E-state index in [1.54, 1.807) is 26.0 Å². The molecule has 1 aromatic carbocycles. The van der Waals surface area contributed by atoms with E-state index in [1.165, 1.54) is 11.8 Å². The standard InChI is InChI=1S/C13H16ClNO3S/c1-13(2,7-11(16)17)15-12(18)9-6-8(19-3)4-5-10(9)14/h4-6H,7H2,1-3H3,(H,15,18)(H,16,17). The molecule has 1 aromatic rings. The first-order chi connectivity index (χ1) is 8.75. The summed E-state index contributed by atoms with van der Waals surface area (Å²) in [5, 5.41) is 11.8. The molecule has 0 bridgehead atoms. The summed E-state index contributed by atoms with van der Waals surface area (Å²) in [6.45, 7) is 3.32. The van der Waals surface area contributed by atoms with Crippen LogP contribution in [0.5, 0.6) is 0 Å². The highest BCUT2D eigenvalue weighted by Crippen LogP contribution is 2.23. The molecule has 1 amide bonds. The molecule has 0 unspecified atom stereocenters. The van der Waals surface area contributed by atoms with Crippen LogP contribution in [0.3, 0.4) is 0 Å². The predicted octanol–water partition coefficient (Wildman–Crippen LogP) is 3.05. The maximum Gasteiger partial charge on any atom is 0.305 e. The van der Waals surface area contributed by atoms with Gasteiger partial charge in [0.2, 0.25) is 0 Å². The number of hydrogen-bond donors (Lipinski definition) is 2. The van der Waals surface area contributed by atoms with Gasteiger partial charge in [0.25, 0.3) is 5.91 Å². The topological polar surface area (TPSA) is 66.4 Å². The lowest BCUT2D eigenvalue weighted by molar-refractivity contribution is -0.138. The van der Waals surface area contributed by atoms with Crippen molar-refractivity contribution in [2.45, 2.75) is 30.7 Å². The summed E-state index contributed by atoms with van der Waals surface area (Å²) < 4.78 is 0. The zero-order valence-corrected chi connectivity index (χ0v) is 12.6. The van der Waals surface area contributed by atoms with E-state index in [9.17, 15) is 9.59 Å². The van der Waals surface area contributed by atoms with Crippen molar-refractivity contribution in [1.82, 2.24) is 5.32 Å². The summed E-state index contributed by atoms with van der Waals surface area (Å²) in [4.78, 5) is 23.8. The van der Waals surface area contributed by atoms with Gasteiger partial charge in [0.1, 0.15) is 0 Å². The second kappa shape index (κ2) is 6.30. The zero-order valence-electron chi connectivity index (χ0n) is 11.0. The number of carbonyl (C=O) groups is 2. The number of rotatable bonds is 5. The van der Waals surface area contributed by atoms with Crippen LogP contribution in [-0.2, 0) is 4.79 Å². The molecule has 0 saturated carbocycles. The van der Waals surface area contributed by atoms with Crippen molar-refractivity contribution >= 4 is 35.2 Å². The molecule has 0 atom stereocenters. The molecule has 0 aliphatic heterocycles. The molecule has 6 heteroatoms. The minimum atomic E-state index is -0.964. The molecule has 0 heterocycles. The average Bonchev–Trinajstić information content (AvgIpc) is 2.26. The van der Waals surface area contributed by atoms with Gasteiger partial charge in [-0.3, -0.25) is 9.59 Å². The lowest BCUT2D eigenvalue weighted by atomic mass is 10.00. The lowest BCUT2D eigenvalue weighted by Gasteiger charge is -2.24. The number of thioether (sulfide) groups is 1. The molecule has 0 spiro atoms. The zero-order chi connectivity index (χ0) is 14.6. The normalized spacial score (nSPS) is 11.2. The Morgan fingerprint density at radius 2 is 2.05 bits per heavy atom. The summed E-state index contributed by atoms with van der Waals surface area (Å²) in [6, 6.07) is 5.18. The Morgan fingerprint density at radius 1 is 1.42 bits per heavy atom. The number of carboxylic acid groups (broad SMARTS) is 1. The van der Waals surface area contributed by atoms with E-state index < -0.39 is 11.5 Å². The summed E-state index contributed by atoms with van der Waals surface area (Å²) in [5.41, 5.74) is -0.478. The first-order valence-electron chi connectivity index (χ1n) is 5.63. The third-order valence-corrected chi connectivity index (χ3v) is 3.52. The van der Waals surface area contributed by atoms with Crippen molar-refractivity contribution in [3.8, 4) is 0 Å². The van der Waals surface area contributed by atoms with Crippen LogP contribution in [0.2, 0.25) is 5.02 Å². The fourth-order valence-electron chi connectivity index (χ4n) is 1.60. The largest absolute Gasteiger partial charge is 0.481 e. The SMILES string of the molecule is CSc1ccc(Cl)c(C(=O)NC(C)(C)CC(=O)O)c1. The van der Waals surface area contributed by atoms with E-state index in [4.69, 9.17) is 16.7 Å². The maximum absolute atomic E-state index is 12.1. The molecule has 1 rings (SSSR count). The second-order valence-corrected chi connectivity index (χ2v) is 6.04. The molecule has 0 saturated heterocycles. The highest BCUT2D eigenvalue weighted by atomic mass is 35.5. The molecular formula is C13H16ClNO3S. The Balaban J connectivity index is 2.92. The molecule has 104 valence electrons. The maximum atomic E-state index is 12.1. The first kappa shape index (κ1) is 15.9. The van der Waals surface area contributed by atoms with Gasteiger partial charge in [-0.25, -0.2) is 0 Å². The molecular weight excluding hydrogens is 286 g/mol. The Labute approximate surface area is 121 Å². The Bertz CT molecular complexity index is 503. The van der Waals surface area contributed by atoms with Crippen molar-refractivity contribution in [2.24, 2.45) is 0 Å². The highest BCUT2D eigenvalue weighted by Gasteiger charge is 2.25. The van der Waals surface area contributed by atoms with Crippen LogP contribution in [0.15, 0.2) is 23.1 Å². The van der Waals surface area contributed by atoms with Crippen LogP contribution < -0.4 is 5.32 Å². The first-order valence-corrected chi connectivity index (χ1v) is 7.23. The number of carboxylic acids is 1. The van der Waals surface area contributed by atoms with Crippen LogP contribution in [0, 0.1) is 0 Å². The van der Waals surface area contributed by atoms with Gasteiger partial charge >= 0.3 is 5.97 Å². The van der Waals surface area contributed by atoms with Crippen LogP contribution in [0.25, 0.3) is 0 Å². The summed E-state index contributed by atoms with van der Waals surface area (Å²) in [6.07, 6.45) is 1.75. The van der Waals surface area contributed by atoms with Crippen LogP contribution >= 0.6 is 23.4 Å². The van der Waals surface area contributed by atoms with Gasteiger partial charge in [-0.15, -0.1) is 11.8 Å². The van der Waals surface area contributed by atoms with E-state index in [-0.39, 0.29) is 12.3 Å². The van der Waals surface area contributed by atoms with Crippen LogP contribution in [0.4, 0.5) is 0 Å². The van der Waals surface area contributed by atoms with E-state index in [0.717, 1.165) is 4.90 Å². The molecule has 2 N–H and O–H groups in total. The average molecular weight is 302 g/mol. The fraction of sp³-hybridized carbons (Fsp3) is 0.385. The van der Waals surface area contributed by atoms with Gasteiger partial charge in [-0.2, -0.15) is 0 Å². The fourth-order valence-corrected chi connectivity index (χ4v) is 2.25. The number of carbonyl (C=O) groups excluding carboxylic acids is 1. The quantitative estimate of drug-likeness (QED) is 0.820. The van der Waals surface area contributed by atoms with Gasteiger partial charge in [0.05, 0.1) is 17.0 Å². The Hall–Kier alpha value is -1.20. The molecule has 19 heavy (non-hydrogen) atoms. The summed E-state index contributed by atoms with van der Waals surface area (Å²) >= 11 is 7.50. The predicted molar refractivity (Wildman–Crippen MR) is 77.0 cm³/mol. The third-order valence-electron chi connectivity index (χ3n) is 2.46. The molecule has 0 fully saturated rings. The third kappa shape index (κ3) is 4.76. The van der Waals surface area contributed by atoms with Crippen molar-refractivity contribution in [1.29, 1.82) is 0 Å². The number of hydrogen-bond acceptors (Lipinski definition) is 3. The number of halogens is 1. The number of benzene rings is 1. The minimum absolute atomic E-state index is 0.154. The van der Waals surface area contributed by atoms with Crippen LogP contribution in [0.1, 0.15) is 30.6 Å². The van der Waals surface area contributed by atoms with E-state index in [1.807, 2.05) is 12.3 Å². The smallest absolute Gasteiger partial charge is 0.305 e. The minimum Gasteiger partial charge on any atom is -0.481 e. The Kier molecular flexibility index (Phi) is 5.26. The molecule has 0 aliphatic carbocycles. The Morgan fingerprint density at radius 3 is 2.58 bits per heavy atom. The number of amides is 1. The van der Waals surface area contributed by atoms with Crippen molar-refractivity contribution in [2.75, 3.05) is 6.26 Å².